The van der Waals surface area contributed by atoms with E-state index in [4.69, 9.17) is 5.11 Å². The Morgan fingerprint density at radius 1 is 1.42 bits per heavy atom. The average Bonchev–Trinajstić information content (AvgIpc) is 2.38. The van der Waals surface area contributed by atoms with Gasteiger partial charge in [-0.1, -0.05) is 13.8 Å². The van der Waals surface area contributed by atoms with Crippen molar-refractivity contribution in [2.45, 2.75) is 13.8 Å². The molecule has 1 aromatic carbocycles. The third kappa shape index (κ3) is 4.65. The molecule has 0 bridgehead atoms. The third-order valence-corrected chi connectivity index (χ3v) is 3.31. The molecule has 0 fully saturated rings. The van der Waals surface area contributed by atoms with Crippen LogP contribution in [-0.4, -0.2) is 30.1 Å². The fourth-order valence-corrected chi connectivity index (χ4v) is 1.81. The van der Waals surface area contributed by atoms with Gasteiger partial charge in [-0.25, -0.2) is 4.79 Å². The third-order valence-electron chi connectivity index (χ3n) is 2.62. The first-order valence-electron chi connectivity index (χ1n) is 6.00. The molecule has 0 spiro atoms. The molecule has 0 radical (unpaired) electrons. The van der Waals surface area contributed by atoms with Gasteiger partial charge >= 0.3 is 5.97 Å². The molecule has 0 aliphatic carbocycles. The number of hydrogen-bond donors (Lipinski definition) is 3. The summed E-state index contributed by atoms with van der Waals surface area (Å²) in [5.74, 6) is -1.37. The first kappa shape index (κ1) is 15.7. The predicted octanol–water partition coefficient (Wildman–Crippen LogP) is 2.33. The summed E-state index contributed by atoms with van der Waals surface area (Å²) in [7, 11) is 0. The van der Waals surface area contributed by atoms with Crippen molar-refractivity contribution in [3.05, 3.63) is 28.2 Å². The number of amides is 1. The standard InChI is InChI=1S/C13H17BrN2O3/c1-3-15-7-8(2)12(17)16-11-6-9(13(18)19)4-5-10(11)14/h4-6,8,15H,3,7H2,1-2H3,(H,16,17)(H,18,19). The van der Waals surface area contributed by atoms with Crippen LogP contribution >= 0.6 is 15.9 Å². The highest BCUT2D eigenvalue weighted by molar-refractivity contribution is 9.10. The molecule has 0 aliphatic heterocycles. The summed E-state index contributed by atoms with van der Waals surface area (Å²) in [6.45, 7) is 5.17. The van der Waals surface area contributed by atoms with E-state index in [2.05, 4.69) is 26.6 Å². The number of nitrogens with one attached hydrogen (secondary N) is 2. The molecule has 0 aromatic heterocycles. The maximum absolute atomic E-state index is 11.9. The molecule has 0 aliphatic rings. The van der Waals surface area contributed by atoms with Crippen LogP contribution in [0.25, 0.3) is 0 Å². The van der Waals surface area contributed by atoms with Crippen molar-refractivity contribution in [3.8, 4) is 0 Å². The summed E-state index contributed by atoms with van der Waals surface area (Å²) >= 11 is 3.29. The minimum Gasteiger partial charge on any atom is -0.478 e. The van der Waals surface area contributed by atoms with E-state index in [1.165, 1.54) is 12.1 Å². The van der Waals surface area contributed by atoms with Crippen molar-refractivity contribution in [3.63, 3.8) is 0 Å². The van der Waals surface area contributed by atoms with Gasteiger partial charge in [0.15, 0.2) is 0 Å². The van der Waals surface area contributed by atoms with E-state index in [1.807, 2.05) is 13.8 Å². The molecule has 0 heterocycles. The molecule has 1 rings (SSSR count). The average molecular weight is 329 g/mol. The van der Waals surface area contributed by atoms with Gasteiger partial charge in [0.2, 0.25) is 5.91 Å². The van der Waals surface area contributed by atoms with E-state index >= 15 is 0 Å². The van der Waals surface area contributed by atoms with Gasteiger partial charge in [-0.05, 0) is 40.7 Å². The summed E-state index contributed by atoms with van der Waals surface area (Å²) < 4.78 is 0.654. The Labute approximate surface area is 120 Å². The Bertz CT molecular complexity index is 477. The second-order valence-electron chi connectivity index (χ2n) is 4.20. The second-order valence-corrected chi connectivity index (χ2v) is 5.05. The lowest BCUT2D eigenvalue weighted by Crippen LogP contribution is -2.30. The van der Waals surface area contributed by atoms with E-state index in [9.17, 15) is 9.59 Å². The van der Waals surface area contributed by atoms with Crippen molar-refractivity contribution >= 4 is 33.5 Å². The zero-order chi connectivity index (χ0) is 14.4. The van der Waals surface area contributed by atoms with Crippen LogP contribution in [0.4, 0.5) is 5.69 Å². The number of carboxylic acid groups (broad SMARTS) is 1. The summed E-state index contributed by atoms with van der Waals surface area (Å²) in [5.41, 5.74) is 0.603. The van der Waals surface area contributed by atoms with Crippen LogP contribution in [-0.2, 0) is 4.79 Å². The number of carbonyl (C=O) groups excluding carboxylic acids is 1. The zero-order valence-electron chi connectivity index (χ0n) is 10.9. The summed E-state index contributed by atoms with van der Waals surface area (Å²) in [4.78, 5) is 22.8. The van der Waals surface area contributed by atoms with Gasteiger partial charge in [-0.2, -0.15) is 0 Å². The summed E-state index contributed by atoms with van der Waals surface area (Å²) in [6, 6.07) is 4.52. The number of halogens is 1. The van der Waals surface area contributed by atoms with Crippen molar-refractivity contribution in [1.29, 1.82) is 0 Å². The maximum Gasteiger partial charge on any atom is 0.335 e. The number of benzene rings is 1. The summed E-state index contributed by atoms with van der Waals surface area (Å²) in [6.07, 6.45) is 0. The number of anilines is 1. The molecule has 0 saturated carbocycles. The van der Waals surface area contributed by atoms with Crippen molar-refractivity contribution in [2.24, 2.45) is 5.92 Å². The van der Waals surface area contributed by atoms with E-state index < -0.39 is 5.97 Å². The zero-order valence-corrected chi connectivity index (χ0v) is 12.5. The topological polar surface area (TPSA) is 78.4 Å². The molecule has 19 heavy (non-hydrogen) atoms. The molecule has 1 aromatic rings. The van der Waals surface area contributed by atoms with Crippen LogP contribution in [0.2, 0.25) is 0 Å². The largest absolute Gasteiger partial charge is 0.478 e. The first-order chi connectivity index (χ1) is 8.95. The van der Waals surface area contributed by atoms with Crippen LogP contribution in [0, 0.1) is 5.92 Å². The fourth-order valence-electron chi connectivity index (χ4n) is 1.46. The molecule has 1 unspecified atom stereocenters. The monoisotopic (exact) mass is 328 g/mol. The molecule has 1 amide bonds. The van der Waals surface area contributed by atoms with Crippen molar-refractivity contribution < 1.29 is 14.7 Å². The molecule has 104 valence electrons. The number of aromatic carboxylic acids is 1. The molecule has 6 heteroatoms. The van der Waals surface area contributed by atoms with Gasteiger partial charge in [0.05, 0.1) is 11.3 Å². The Morgan fingerprint density at radius 2 is 2.11 bits per heavy atom. The van der Waals surface area contributed by atoms with E-state index in [0.717, 1.165) is 6.54 Å². The smallest absolute Gasteiger partial charge is 0.335 e. The number of rotatable bonds is 6. The van der Waals surface area contributed by atoms with E-state index in [1.54, 1.807) is 6.07 Å². The SMILES string of the molecule is CCNCC(C)C(=O)Nc1cc(C(=O)O)ccc1Br. The van der Waals surface area contributed by atoms with Crippen LogP contribution in [0.5, 0.6) is 0 Å². The fraction of sp³-hybridized carbons (Fsp3) is 0.385. The van der Waals surface area contributed by atoms with E-state index in [-0.39, 0.29) is 17.4 Å². The second kappa shape index (κ2) is 7.25. The van der Waals surface area contributed by atoms with Crippen LogP contribution < -0.4 is 10.6 Å². The lowest BCUT2D eigenvalue weighted by Gasteiger charge is -2.13. The normalized spacial score (nSPS) is 11.9. The van der Waals surface area contributed by atoms with Crippen LogP contribution in [0.15, 0.2) is 22.7 Å². The lowest BCUT2D eigenvalue weighted by molar-refractivity contribution is -0.119. The van der Waals surface area contributed by atoms with Crippen molar-refractivity contribution in [2.75, 3.05) is 18.4 Å². The number of hydrogen-bond acceptors (Lipinski definition) is 3. The molecule has 3 N–H and O–H groups in total. The van der Waals surface area contributed by atoms with Gasteiger partial charge in [0.1, 0.15) is 0 Å². The van der Waals surface area contributed by atoms with Crippen LogP contribution in [0.1, 0.15) is 24.2 Å². The minimum absolute atomic E-state index is 0.137. The van der Waals surface area contributed by atoms with Gasteiger partial charge < -0.3 is 15.7 Å². The van der Waals surface area contributed by atoms with Gasteiger partial charge in [-0.3, -0.25) is 4.79 Å². The van der Waals surface area contributed by atoms with Gasteiger partial charge in [0.25, 0.3) is 0 Å². The van der Waals surface area contributed by atoms with E-state index in [0.29, 0.717) is 16.7 Å². The highest BCUT2D eigenvalue weighted by Crippen LogP contribution is 2.24. The Morgan fingerprint density at radius 3 is 2.68 bits per heavy atom. The molecule has 0 saturated heterocycles. The first-order valence-corrected chi connectivity index (χ1v) is 6.79. The predicted molar refractivity (Wildman–Crippen MR) is 77.4 cm³/mol. The van der Waals surface area contributed by atoms with Gasteiger partial charge in [-0.15, -0.1) is 0 Å². The molecule has 1 atom stereocenters. The Hall–Kier alpha value is -1.40. The van der Waals surface area contributed by atoms with Crippen LogP contribution in [0.3, 0.4) is 0 Å². The molecular formula is C13H17BrN2O3. The Kier molecular flexibility index (Phi) is 5.98. The lowest BCUT2D eigenvalue weighted by atomic mass is 10.1. The highest BCUT2D eigenvalue weighted by Gasteiger charge is 2.15. The Balaban J connectivity index is 2.78. The number of carboxylic acids is 1. The minimum atomic E-state index is -1.02. The molecule has 5 nitrogen and oxygen atoms in total. The highest BCUT2D eigenvalue weighted by atomic mass is 79.9. The van der Waals surface area contributed by atoms with Crippen molar-refractivity contribution in [1.82, 2.24) is 5.32 Å². The quantitative estimate of drug-likeness (QED) is 0.748. The maximum atomic E-state index is 11.9. The van der Waals surface area contributed by atoms with Gasteiger partial charge in [0, 0.05) is 16.9 Å². The summed E-state index contributed by atoms with van der Waals surface area (Å²) in [5, 5.41) is 14.7. The number of carbonyl (C=O) groups is 2. The molecular weight excluding hydrogens is 312 g/mol.